The van der Waals surface area contributed by atoms with Gasteiger partial charge in [-0.05, 0) is 35.9 Å². The van der Waals surface area contributed by atoms with Crippen LogP contribution in [0.4, 0.5) is 5.69 Å². The Kier molecular flexibility index (Phi) is 6.59. The molecule has 2 aromatic carbocycles. The van der Waals surface area contributed by atoms with Crippen molar-refractivity contribution < 1.29 is 0 Å². The van der Waals surface area contributed by atoms with E-state index in [9.17, 15) is 0 Å². The number of unbranched alkanes of at least 4 members (excludes halogenated alkanes) is 7. The minimum Gasteiger partial charge on any atom is -0.398 e. The summed E-state index contributed by atoms with van der Waals surface area (Å²) >= 11 is 0. The van der Waals surface area contributed by atoms with E-state index in [1.807, 2.05) is 12.1 Å². The van der Waals surface area contributed by atoms with Gasteiger partial charge in [-0.3, -0.25) is 0 Å². The second-order valence-electron chi connectivity index (χ2n) is 6.13. The Labute approximate surface area is 129 Å². The lowest BCUT2D eigenvalue weighted by atomic mass is 10.0. The zero-order valence-electron chi connectivity index (χ0n) is 13.4. The SMILES string of the molecule is CCCCCCCCCCc1ccc2cccc(N)c2c1. The molecule has 1 nitrogen and oxygen atoms in total. The van der Waals surface area contributed by atoms with Gasteiger partial charge >= 0.3 is 0 Å². The van der Waals surface area contributed by atoms with Crippen molar-refractivity contribution in [1.82, 2.24) is 0 Å². The van der Waals surface area contributed by atoms with E-state index in [1.165, 1.54) is 74.1 Å². The number of hydrogen-bond acceptors (Lipinski definition) is 1. The van der Waals surface area contributed by atoms with Crippen LogP contribution in [0.15, 0.2) is 36.4 Å². The topological polar surface area (TPSA) is 26.0 Å². The summed E-state index contributed by atoms with van der Waals surface area (Å²) < 4.78 is 0. The highest BCUT2D eigenvalue weighted by Gasteiger charge is 2.00. The van der Waals surface area contributed by atoms with Gasteiger partial charge in [-0.25, -0.2) is 0 Å². The lowest BCUT2D eigenvalue weighted by Crippen LogP contribution is -1.90. The van der Waals surface area contributed by atoms with Crippen molar-refractivity contribution in [3.63, 3.8) is 0 Å². The summed E-state index contributed by atoms with van der Waals surface area (Å²) in [5.41, 5.74) is 8.38. The number of rotatable bonds is 9. The maximum Gasteiger partial charge on any atom is 0.0393 e. The molecule has 2 rings (SSSR count). The predicted molar refractivity (Wildman–Crippen MR) is 94.7 cm³/mol. The smallest absolute Gasteiger partial charge is 0.0393 e. The number of nitrogens with two attached hydrogens (primary N) is 1. The molecule has 21 heavy (non-hydrogen) atoms. The van der Waals surface area contributed by atoms with E-state index < -0.39 is 0 Å². The van der Waals surface area contributed by atoms with E-state index in [1.54, 1.807) is 0 Å². The van der Waals surface area contributed by atoms with E-state index in [4.69, 9.17) is 5.73 Å². The maximum atomic E-state index is 6.06. The molecule has 0 spiro atoms. The van der Waals surface area contributed by atoms with E-state index in [-0.39, 0.29) is 0 Å². The monoisotopic (exact) mass is 283 g/mol. The van der Waals surface area contributed by atoms with Crippen molar-refractivity contribution in [1.29, 1.82) is 0 Å². The first-order valence-electron chi connectivity index (χ1n) is 8.58. The molecule has 114 valence electrons. The van der Waals surface area contributed by atoms with Gasteiger partial charge in [0, 0.05) is 11.1 Å². The molecule has 0 heterocycles. The normalized spacial score (nSPS) is 11.1. The van der Waals surface area contributed by atoms with Gasteiger partial charge < -0.3 is 5.73 Å². The second-order valence-corrected chi connectivity index (χ2v) is 6.13. The summed E-state index contributed by atoms with van der Waals surface area (Å²) in [6.07, 6.45) is 12.2. The molecule has 0 aliphatic carbocycles. The van der Waals surface area contributed by atoms with Crippen molar-refractivity contribution in [3.8, 4) is 0 Å². The molecule has 0 aliphatic rings. The predicted octanol–water partition coefficient (Wildman–Crippen LogP) is 6.11. The first-order valence-corrected chi connectivity index (χ1v) is 8.58. The molecule has 0 atom stereocenters. The molecular formula is C20H29N. The van der Waals surface area contributed by atoms with Gasteiger partial charge in [0.15, 0.2) is 0 Å². The fourth-order valence-corrected chi connectivity index (χ4v) is 2.96. The van der Waals surface area contributed by atoms with E-state index in [2.05, 4.69) is 31.2 Å². The van der Waals surface area contributed by atoms with Crippen LogP contribution in [-0.2, 0) is 6.42 Å². The summed E-state index contributed by atoms with van der Waals surface area (Å²) in [5, 5.41) is 2.45. The molecule has 0 aromatic heterocycles. The Balaban J connectivity index is 1.72. The van der Waals surface area contributed by atoms with Gasteiger partial charge in [-0.1, -0.05) is 76.1 Å². The van der Waals surface area contributed by atoms with E-state index in [0.29, 0.717) is 0 Å². The third-order valence-electron chi connectivity index (χ3n) is 4.30. The van der Waals surface area contributed by atoms with E-state index in [0.717, 1.165) is 5.69 Å². The molecule has 0 radical (unpaired) electrons. The van der Waals surface area contributed by atoms with Crippen LogP contribution in [0.5, 0.6) is 0 Å². The highest BCUT2D eigenvalue weighted by molar-refractivity contribution is 5.93. The van der Waals surface area contributed by atoms with Gasteiger partial charge in [0.1, 0.15) is 0 Å². The molecule has 2 N–H and O–H groups in total. The van der Waals surface area contributed by atoms with Gasteiger partial charge in [0.2, 0.25) is 0 Å². The number of anilines is 1. The average molecular weight is 283 g/mol. The van der Waals surface area contributed by atoms with Crippen LogP contribution in [0, 0.1) is 0 Å². The second kappa shape index (κ2) is 8.71. The van der Waals surface area contributed by atoms with E-state index >= 15 is 0 Å². The van der Waals surface area contributed by atoms with Crippen LogP contribution in [0.3, 0.4) is 0 Å². The van der Waals surface area contributed by atoms with Crippen LogP contribution in [0.2, 0.25) is 0 Å². The number of hydrogen-bond donors (Lipinski definition) is 1. The van der Waals surface area contributed by atoms with Crippen LogP contribution < -0.4 is 5.73 Å². The van der Waals surface area contributed by atoms with Gasteiger partial charge in [0.25, 0.3) is 0 Å². The molecule has 1 heteroatoms. The average Bonchev–Trinajstić information content (AvgIpc) is 2.51. The van der Waals surface area contributed by atoms with Crippen molar-refractivity contribution in [2.24, 2.45) is 0 Å². The molecular weight excluding hydrogens is 254 g/mol. The minimum atomic E-state index is 0.894. The molecule has 0 aliphatic heterocycles. The highest BCUT2D eigenvalue weighted by atomic mass is 14.5. The molecule has 0 saturated carbocycles. The van der Waals surface area contributed by atoms with Gasteiger partial charge in [-0.15, -0.1) is 0 Å². The first kappa shape index (κ1) is 15.9. The largest absolute Gasteiger partial charge is 0.398 e. The summed E-state index contributed by atoms with van der Waals surface area (Å²) in [4.78, 5) is 0. The lowest BCUT2D eigenvalue weighted by Gasteiger charge is -2.06. The quantitative estimate of drug-likeness (QED) is 0.436. The van der Waals surface area contributed by atoms with Crippen molar-refractivity contribution in [2.75, 3.05) is 5.73 Å². The van der Waals surface area contributed by atoms with Crippen molar-refractivity contribution >= 4 is 16.5 Å². The fourth-order valence-electron chi connectivity index (χ4n) is 2.96. The molecule has 0 unspecified atom stereocenters. The first-order chi connectivity index (χ1) is 10.3. The third-order valence-corrected chi connectivity index (χ3v) is 4.30. The van der Waals surface area contributed by atoms with Crippen LogP contribution >= 0.6 is 0 Å². The Morgan fingerprint density at radius 2 is 1.52 bits per heavy atom. The summed E-state index contributed by atoms with van der Waals surface area (Å²) in [7, 11) is 0. The third kappa shape index (κ3) is 5.08. The van der Waals surface area contributed by atoms with Gasteiger partial charge in [0.05, 0.1) is 0 Å². The zero-order valence-corrected chi connectivity index (χ0v) is 13.4. The number of benzene rings is 2. The Morgan fingerprint density at radius 1 is 0.810 bits per heavy atom. The minimum absolute atomic E-state index is 0.894. The summed E-state index contributed by atoms with van der Waals surface area (Å²) in [5.74, 6) is 0. The van der Waals surface area contributed by atoms with Crippen LogP contribution in [-0.4, -0.2) is 0 Å². The molecule has 2 aromatic rings. The maximum absolute atomic E-state index is 6.06. The fraction of sp³-hybridized carbons (Fsp3) is 0.500. The van der Waals surface area contributed by atoms with Crippen LogP contribution in [0.1, 0.15) is 63.9 Å². The van der Waals surface area contributed by atoms with Crippen molar-refractivity contribution in [2.45, 2.75) is 64.7 Å². The molecule has 0 fully saturated rings. The Bertz CT molecular complexity index is 545. The molecule has 0 bridgehead atoms. The number of aryl methyl sites for hydroxylation is 1. The molecule has 0 amide bonds. The van der Waals surface area contributed by atoms with Crippen molar-refractivity contribution in [3.05, 3.63) is 42.0 Å². The highest BCUT2D eigenvalue weighted by Crippen LogP contribution is 2.23. The number of fused-ring (bicyclic) bond motifs is 1. The van der Waals surface area contributed by atoms with Gasteiger partial charge in [-0.2, -0.15) is 0 Å². The molecule has 0 saturated heterocycles. The van der Waals surface area contributed by atoms with Crippen LogP contribution in [0.25, 0.3) is 10.8 Å². The Morgan fingerprint density at radius 3 is 2.29 bits per heavy atom. The standard InChI is InChI=1S/C20H29N/c1-2-3-4-5-6-7-8-9-11-17-14-15-18-12-10-13-20(21)19(18)16-17/h10,12-16H,2-9,11,21H2,1H3. The Hall–Kier alpha value is -1.50. The lowest BCUT2D eigenvalue weighted by molar-refractivity contribution is 0.575. The summed E-state index contributed by atoms with van der Waals surface area (Å²) in [6.45, 7) is 2.27. The summed E-state index contributed by atoms with van der Waals surface area (Å²) in [6, 6.07) is 12.9. The number of nitrogen functional groups attached to an aromatic ring is 1. The zero-order chi connectivity index (χ0) is 14.9.